The predicted molar refractivity (Wildman–Crippen MR) is 97.8 cm³/mol. The van der Waals surface area contributed by atoms with Crippen LogP contribution >= 0.6 is 0 Å². The van der Waals surface area contributed by atoms with Crippen LogP contribution < -0.4 is 5.32 Å². The maximum Gasteiger partial charge on any atom is 0.289 e. The number of hydrogen-bond acceptors (Lipinski definition) is 6. The number of piperazine rings is 1. The first-order valence-electron chi connectivity index (χ1n) is 9.35. The third-order valence-electron chi connectivity index (χ3n) is 5.18. The normalized spacial score (nSPS) is 17.6. The molecule has 4 heterocycles. The number of rotatable bonds is 3. The van der Waals surface area contributed by atoms with Gasteiger partial charge in [0, 0.05) is 38.8 Å². The SMILES string of the molecule is Cc1cc(NC(=O)c2nc(C(=O)N3CCN(C)CC3)n3c2CCCC3)no1. The Morgan fingerprint density at radius 1 is 1.15 bits per heavy atom. The number of anilines is 1. The van der Waals surface area contributed by atoms with Gasteiger partial charge in [-0.25, -0.2) is 4.98 Å². The van der Waals surface area contributed by atoms with Crippen LogP contribution in [0.5, 0.6) is 0 Å². The highest BCUT2D eigenvalue weighted by molar-refractivity contribution is 6.04. The molecule has 0 atom stereocenters. The van der Waals surface area contributed by atoms with Crippen LogP contribution in [0.3, 0.4) is 0 Å². The van der Waals surface area contributed by atoms with Gasteiger partial charge in [-0.15, -0.1) is 0 Å². The fourth-order valence-corrected chi connectivity index (χ4v) is 3.64. The average molecular weight is 372 g/mol. The van der Waals surface area contributed by atoms with E-state index in [0.29, 0.717) is 42.7 Å². The van der Waals surface area contributed by atoms with E-state index in [2.05, 4.69) is 20.4 Å². The van der Waals surface area contributed by atoms with Crippen LogP contribution in [0.15, 0.2) is 10.6 Å². The summed E-state index contributed by atoms with van der Waals surface area (Å²) in [6.45, 7) is 5.52. The molecule has 2 amide bonds. The summed E-state index contributed by atoms with van der Waals surface area (Å²) in [5.74, 6) is 0.884. The van der Waals surface area contributed by atoms with Crippen molar-refractivity contribution in [2.24, 2.45) is 0 Å². The molecule has 0 unspecified atom stereocenters. The van der Waals surface area contributed by atoms with Crippen molar-refractivity contribution in [3.63, 3.8) is 0 Å². The van der Waals surface area contributed by atoms with Gasteiger partial charge in [0.1, 0.15) is 5.76 Å². The first-order valence-corrected chi connectivity index (χ1v) is 9.35. The number of imidazole rings is 1. The maximum atomic E-state index is 13.0. The molecular formula is C18H24N6O3. The largest absolute Gasteiger partial charge is 0.360 e. The van der Waals surface area contributed by atoms with Crippen LogP contribution in [-0.4, -0.2) is 69.5 Å². The molecule has 2 aromatic rings. The van der Waals surface area contributed by atoms with Gasteiger partial charge in [-0.2, -0.15) is 0 Å². The third kappa shape index (κ3) is 3.46. The van der Waals surface area contributed by atoms with E-state index < -0.39 is 0 Å². The minimum absolute atomic E-state index is 0.0948. The van der Waals surface area contributed by atoms with Gasteiger partial charge < -0.3 is 24.2 Å². The second kappa shape index (κ2) is 7.15. The van der Waals surface area contributed by atoms with E-state index in [-0.39, 0.29) is 11.8 Å². The third-order valence-corrected chi connectivity index (χ3v) is 5.18. The van der Waals surface area contributed by atoms with Crippen molar-refractivity contribution in [1.29, 1.82) is 0 Å². The summed E-state index contributed by atoms with van der Waals surface area (Å²) >= 11 is 0. The lowest BCUT2D eigenvalue weighted by Crippen LogP contribution is -2.47. The molecular weight excluding hydrogens is 348 g/mol. The maximum absolute atomic E-state index is 13.0. The van der Waals surface area contributed by atoms with Crippen molar-refractivity contribution in [3.05, 3.63) is 29.0 Å². The van der Waals surface area contributed by atoms with Crippen molar-refractivity contribution in [3.8, 4) is 0 Å². The molecule has 2 aliphatic rings. The fraction of sp³-hybridized carbons (Fsp3) is 0.556. The summed E-state index contributed by atoms with van der Waals surface area (Å²) in [7, 11) is 2.05. The number of fused-ring (bicyclic) bond motifs is 1. The Hall–Kier alpha value is -2.68. The Morgan fingerprint density at radius 3 is 2.63 bits per heavy atom. The second-order valence-corrected chi connectivity index (χ2v) is 7.21. The molecule has 0 bridgehead atoms. The molecule has 2 aliphatic heterocycles. The number of carbonyl (C=O) groups is 2. The zero-order valence-electron chi connectivity index (χ0n) is 15.7. The van der Waals surface area contributed by atoms with Gasteiger partial charge in [-0.3, -0.25) is 9.59 Å². The minimum Gasteiger partial charge on any atom is -0.360 e. The molecule has 144 valence electrons. The first-order chi connectivity index (χ1) is 13.0. The number of nitrogens with zero attached hydrogens (tertiary/aromatic N) is 5. The summed E-state index contributed by atoms with van der Waals surface area (Å²) in [4.78, 5) is 34.3. The Bertz CT molecular complexity index is 863. The number of amides is 2. The van der Waals surface area contributed by atoms with Crippen molar-refractivity contribution < 1.29 is 14.1 Å². The highest BCUT2D eigenvalue weighted by atomic mass is 16.5. The van der Waals surface area contributed by atoms with Gasteiger partial charge in [0.05, 0.1) is 5.69 Å². The van der Waals surface area contributed by atoms with Crippen LogP contribution in [0.2, 0.25) is 0 Å². The number of hydrogen-bond donors (Lipinski definition) is 1. The smallest absolute Gasteiger partial charge is 0.289 e. The lowest BCUT2D eigenvalue weighted by Gasteiger charge is -2.32. The van der Waals surface area contributed by atoms with Crippen LogP contribution in [0.4, 0.5) is 5.82 Å². The van der Waals surface area contributed by atoms with E-state index in [1.54, 1.807) is 13.0 Å². The number of nitrogens with one attached hydrogen (secondary N) is 1. The summed E-state index contributed by atoms with van der Waals surface area (Å²) in [5.41, 5.74) is 1.14. The van der Waals surface area contributed by atoms with E-state index in [1.807, 2.05) is 16.5 Å². The van der Waals surface area contributed by atoms with E-state index in [1.165, 1.54) is 0 Å². The molecule has 0 radical (unpaired) electrons. The molecule has 0 saturated carbocycles. The molecule has 0 aliphatic carbocycles. The molecule has 0 spiro atoms. The zero-order valence-corrected chi connectivity index (χ0v) is 15.7. The van der Waals surface area contributed by atoms with E-state index >= 15 is 0 Å². The topological polar surface area (TPSA) is 96.5 Å². The number of aryl methyl sites for hydroxylation is 1. The van der Waals surface area contributed by atoms with E-state index in [4.69, 9.17) is 4.52 Å². The summed E-state index contributed by atoms with van der Waals surface area (Å²) in [5, 5.41) is 6.51. The van der Waals surface area contributed by atoms with Crippen LogP contribution in [0, 0.1) is 6.92 Å². The van der Waals surface area contributed by atoms with Crippen molar-refractivity contribution >= 4 is 17.6 Å². The first kappa shape index (κ1) is 17.7. The van der Waals surface area contributed by atoms with Gasteiger partial charge in [0.15, 0.2) is 17.3 Å². The quantitative estimate of drug-likeness (QED) is 0.868. The second-order valence-electron chi connectivity index (χ2n) is 7.21. The molecule has 1 fully saturated rings. The number of aromatic nitrogens is 3. The molecule has 9 nitrogen and oxygen atoms in total. The monoisotopic (exact) mass is 372 g/mol. The Kier molecular flexibility index (Phi) is 4.69. The minimum atomic E-state index is -0.355. The van der Waals surface area contributed by atoms with Crippen LogP contribution in [0.1, 0.15) is 45.4 Å². The van der Waals surface area contributed by atoms with E-state index in [9.17, 15) is 9.59 Å². The summed E-state index contributed by atoms with van der Waals surface area (Å²) in [6, 6.07) is 1.65. The molecule has 27 heavy (non-hydrogen) atoms. The molecule has 2 aromatic heterocycles. The van der Waals surface area contributed by atoms with Crippen LogP contribution in [-0.2, 0) is 13.0 Å². The van der Waals surface area contributed by atoms with Gasteiger partial charge in [0.2, 0.25) is 0 Å². The number of likely N-dealkylation sites (N-methyl/N-ethyl adjacent to an activating group) is 1. The van der Waals surface area contributed by atoms with Gasteiger partial charge in [-0.1, -0.05) is 5.16 Å². The summed E-state index contributed by atoms with van der Waals surface area (Å²) < 4.78 is 6.91. The Balaban J connectivity index is 1.61. The lowest BCUT2D eigenvalue weighted by molar-refractivity contribution is 0.0645. The Labute approximate surface area is 157 Å². The van der Waals surface area contributed by atoms with Crippen molar-refractivity contribution in [2.45, 2.75) is 32.7 Å². The van der Waals surface area contributed by atoms with Gasteiger partial charge in [-0.05, 0) is 33.2 Å². The molecule has 0 aromatic carbocycles. The Morgan fingerprint density at radius 2 is 1.93 bits per heavy atom. The molecule has 9 heteroatoms. The highest BCUT2D eigenvalue weighted by Gasteiger charge is 2.31. The predicted octanol–water partition coefficient (Wildman–Crippen LogP) is 1.16. The van der Waals surface area contributed by atoms with E-state index in [0.717, 1.165) is 38.0 Å². The molecule has 4 rings (SSSR count). The zero-order chi connectivity index (χ0) is 19.0. The lowest BCUT2D eigenvalue weighted by atomic mass is 10.1. The fourth-order valence-electron chi connectivity index (χ4n) is 3.64. The van der Waals surface area contributed by atoms with Gasteiger partial charge >= 0.3 is 0 Å². The standard InChI is InChI=1S/C18H24N6O3/c1-12-11-14(21-27-12)19-17(25)15-13-5-3-4-6-24(13)16(20-15)18(26)23-9-7-22(2)8-10-23/h11H,3-10H2,1-2H3,(H,19,21,25). The average Bonchev–Trinajstić information content (AvgIpc) is 3.25. The highest BCUT2D eigenvalue weighted by Crippen LogP contribution is 2.23. The van der Waals surface area contributed by atoms with Gasteiger partial charge in [0.25, 0.3) is 11.8 Å². The number of carbonyl (C=O) groups excluding carboxylic acids is 2. The molecule has 1 saturated heterocycles. The molecule has 1 N–H and O–H groups in total. The van der Waals surface area contributed by atoms with Crippen LogP contribution in [0.25, 0.3) is 0 Å². The van der Waals surface area contributed by atoms with Crippen molar-refractivity contribution in [1.82, 2.24) is 24.5 Å². The summed E-state index contributed by atoms with van der Waals surface area (Å²) in [6.07, 6.45) is 2.71. The van der Waals surface area contributed by atoms with Crippen molar-refractivity contribution in [2.75, 3.05) is 38.5 Å².